The van der Waals surface area contributed by atoms with E-state index in [4.69, 9.17) is 4.74 Å². The van der Waals surface area contributed by atoms with E-state index in [1.807, 2.05) is 13.2 Å². The third-order valence-electron chi connectivity index (χ3n) is 3.75. The summed E-state index contributed by atoms with van der Waals surface area (Å²) in [5.74, 6) is 1.64. The molecule has 1 unspecified atom stereocenters. The molecule has 1 aliphatic carbocycles. The van der Waals surface area contributed by atoms with E-state index in [2.05, 4.69) is 23.3 Å². The average molecular weight is 248 g/mol. The van der Waals surface area contributed by atoms with Crippen LogP contribution < -0.4 is 10.1 Å². The number of ether oxygens (including phenoxy) is 1. The van der Waals surface area contributed by atoms with Crippen molar-refractivity contribution < 1.29 is 4.74 Å². The first-order valence-corrected chi connectivity index (χ1v) is 7.10. The molecule has 100 valence electrons. The Labute approximate surface area is 110 Å². The third-order valence-corrected chi connectivity index (χ3v) is 3.75. The summed E-state index contributed by atoms with van der Waals surface area (Å²) in [6, 6.07) is 2.56. The van der Waals surface area contributed by atoms with E-state index < -0.39 is 0 Å². The van der Waals surface area contributed by atoms with Crippen molar-refractivity contribution in [2.45, 2.75) is 45.1 Å². The van der Waals surface area contributed by atoms with Crippen molar-refractivity contribution in [1.29, 1.82) is 0 Å². The van der Waals surface area contributed by atoms with Gasteiger partial charge in [-0.25, -0.2) is 0 Å². The maximum atomic E-state index is 5.66. The van der Waals surface area contributed by atoms with E-state index in [0.717, 1.165) is 24.7 Å². The molecule has 1 aliphatic rings. The molecular weight excluding hydrogens is 224 g/mol. The Morgan fingerprint density at radius 1 is 1.39 bits per heavy atom. The number of hydrogen-bond donors (Lipinski definition) is 1. The Bertz CT molecular complexity index is 361. The number of nitrogens with one attached hydrogen (secondary N) is 1. The first-order chi connectivity index (χ1) is 8.85. The first-order valence-electron chi connectivity index (χ1n) is 7.10. The highest BCUT2D eigenvalue weighted by Gasteiger charge is 2.25. The highest BCUT2D eigenvalue weighted by atomic mass is 16.5. The summed E-state index contributed by atoms with van der Waals surface area (Å²) >= 11 is 0. The molecule has 0 spiro atoms. The van der Waals surface area contributed by atoms with Gasteiger partial charge in [-0.15, -0.1) is 0 Å². The Morgan fingerprint density at radius 3 is 2.83 bits per heavy atom. The highest BCUT2D eigenvalue weighted by Crippen LogP contribution is 2.35. The molecule has 1 N–H and O–H groups in total. The lowest BCUT2D eigenvalue weighted by molar-refractivity contribution is 0.314. The lowest BCUT2D eigenvalue weighted by atomic mass is 9.93. The average Bonchev–Trinajstić information content (AvgIpc) is 2.92. The summed E-state index contributed by atoms with van der Waals surface area (Å²) in [6.45, 7) is 2.88. The van der Waals surface area contributed by atoms with Gasteiger partial charge in [-0.05, 0) is 43.9 Å². The summed E-state index contributed by atoms with van der Waals surface area (Å²) in [4.78, 5) is 4.31. The van der Waals surface area contributed by atoms with Crippen LogP contribution in [0, 0.1) is 5.92 Å². The molecule has 3 heteroatoms. The van der Waals surface area contributed by atoms with Crippen molar-refractivity contribution >= 4 is 0 Å². The van der Waals surface area contributed by atoms with Crippen molar-refractivity contribution in [1.82, 2.24) is 10.3 Å². The largest absolute Gasteiger partial charge is 0.492 e. The number of aromatic nitrogens is 1. The van der Waals surface area contributed by atoms with Gasteiger partial charge in [-0.3, -0.25) is 4.98 Å². The van der Waals surface area contributed by atoms with Crippen LogP contribution in [0.5, 0.6) is 5.75 Å². The van der Waals surface area contributed by atoms with Crippen LogP contribution in [0.2, 0.25) is 0 Å². The first kappa shape index (κ1) is 13.3. The fourth-order valence-electron chi connectivity index (χ4n) is 2.87. The number of rotatable bonds is 6. The second-order valence-electron chi connectivity index (χ2n) is 5.11. The number of hydrogen-bond acceptors (Lipinski definition) is 3. The standard InChI is InChI=1S/C15H24N2O/c1-3-8-18-14-9-13(10-17-11-14)15(16-2)12-6-4-5-7-12/h9-12,15-16H,3-8H2,1-2H3. The second kappa shape index (κ2) is 6.74. The summed E-state index contributed by atoms with van der Waals surface area (Å²) < 4.78 is 5.66. The van der Waals surface area contributed by atoms with Crippen LogP contribution in [0.1, 0.15) is 50.6 Å². The van der Waals surface area contributed by atoms with Crippen LogP contribution >= 0.6 is 0 Å². The van der Waals surface area contributed by atoms with Gasteiger partial charge < -0.3 is 10.1 Å². The Balaban J connectivity index is 2.09. The van der Waals surface area contributed by atoms with Gasteiger partial charge in [0.2, 0.25) is 0 Å². The van der Waals surface area contributed by atoms with E-state index in [1.54, 1.807) is 6.20 Å². The number of nitrogens with zero attached hydrogens (tertiary/aromatic N) is 1. The zero-order valence-corrected chi connectivity index (χ0v) is 11.5. The molecule has 2 rings (SSSR count). The predicted octanol–water partition coefficient (Wildman–Crippen LogP) is 3.32. The summed E-state index contributed by atoms with van der Waals surface area (Å²) in [5, 5.41) is 3.45. The molecule has 1 atom stereocenters. The zero-order valence-electron chi connectivity index (χ0n) is 11.5. The minimum absolute atomic E-state index is 0.421. The van der Waals surface area contributed by atoms with Crippen molar-refractivity contribution in [2.75, 3.05) is 13.7 Å². The van der Waals surface area contributed by atoms with Gasteiger partial charge in [0.1, 0.15) is 5.75 Å². The highest BCUT2D eigenvalue weighted by molar-refractivity contribution is 5.26. The molecule has 1 heterocycles. The molecule has 0 aromatic carbocycles. The van der Waals surface area contributed by atoms with E-state index in [1.165, 1.54) is 31.2 Å². The van der Waals surface area contributed by atoms with Crippen LogP contribution in [-0.2, 0) is 0 Å². The van der Waals surface area contributed by atoms with Crippen molar-refractivity contribution in [3.05, 3.63) is 24.0 Å². The van der Waals surface area contributed by atoms with Crippen LogP contribution in [0.3, 0.4) is 0 Å². The van der Waals surface area contributed by atoms with E-state index >= 15 is 0 Å². The Kier molecular flexibility index (Phi) is 5.00. The quantitative estimate of drug-likeness (QED) is 0.838. The van der Waals surface area contributed by atoms with E-state index in [-0.39, 0.29) is 0 Å². The van der Waals surface area contributed by atoms with Crippen LogP contribution in [-0.4, -0.2) is 18.6 Å². The fourth-order valence-corrected chi connectivity index (χ4v) is 2.87. The molecule has 0 saturated heterocycles. The van der Waals surface area contributed by atoms with Gasteiger partial charge in [-0.1, -0.05) is 19.8 Å². The van der Waals surface area contributed by atoms with E-state index in [9.17, 15) is 0 Å². The zero-order chi connectivity index (χ0) is 12.8. The smallest absolute Gasteiger partial charge is 0.137 e. The van der Waals surface area contributed by atoms with Crippen LogP contribution in [0.4, 0.5) is 0 Å². The minimum Gasteiger partial charge on any atom is -0.492 e. The summed E-state index contributed by atoms with van der Waals surface area (Å²) in [7, 11) is 2.04. The SMILES string of the molecule is CCCOc1cncc(C(NC)C2CCCC2)c1. The Hall–Kier alpha value is -1.09. The van der Waals surface area contributed by atoms with Crippen molar-refractivity contribution in [3.8, 4) is 5.75 Å². The molecule has 0 radical (unpaired) electrons. The molecular formula is C15H24N2O. The van der Waals surface area contributed by atoms with Crippen LogP contribution in [0.25, 0.3) is 0 Å². The molecule has 0 aliphatic heterocycles. The van der Waals surface area contributed by atoms with Gasteiger partial charge in [0.25, 0.3) is 0 Å². The maximum Gasteiger partial charge on any atom is 0.137 e. The summed E-state index contributed by atoms with van der Waals surface area (Å²) in [6.07, 6.45) is 10.2. The molecule has 1 aromatic rings. The lowest BCUT2D eigenvalue weighted by Gasteiger charge is -2.23. The maximum absolute atomic E-state index is 5.66. The Morgan fingerprint density at radius 2 is 2.17 bits per heavy atom. The fraction of sp³-hybridized carbons (Fsp3) is 0.667. The number of pyridine rings is 1. The van der Waals surface area contributed by atoms with Crippen molar-refractivity contribution in [3.63, 3.8) is 0 Å². The second-order valence-corrected chi connectivity index (χ2v) is 5.11. The molecule has 18 heavy (non-hydrogen) atoms. The van der Waals surface area contributed by atoms with Crippen molar-refractivity contribution in [2.24, 2.45) is 5.92 Å². The molecule has 0 amide bonds. The third kappa shape index (κ3) is 3.22. The van der Waals surface area contributed by atoms with Gasteiger partial charge in [0.15, 0.2) is 0 Å². The molecule has 3 nitrogen and oxygen atoms in total. The monoisotopic (exact) mass is 248 g/mol. The molecule has 1 aromatic heterocycles. The lowest BCUT2D eigenvalue weighted by Crippen LogP contribution is -2.23. The van der Waals surface area contributed by atoms with Gasteiger partial charge in [0.05, 0.1) is 12.8 Å². The van der Waals surface area contributed by atoms with Gasteiger partial charge in [0, 0.05) is 12.2 Å². The molecule has 1 saturated carbocycles. The van der Waals surface area contributed by atoms with Crippen LogP contribution in [0.15, 0.2) is 18.5 Å². The van der Waals surface area contributed by atoms with E-state index in [0.29, 0.717) is 6.04 Å². The predicted molar refractivity (Wildman–Crippen MR) is 73.8 cm³/mol. The molecule has 1 fully saturated rings. The topological polar surface area (TPSA) is 34.1 Å². The summed E-state index contributed by atoms with van der Waals surface area (Å²) in [5.41, 5.74) is 1.26. The van der Waals surface area contributed by atoms with Gasteiger partial charge in [-0.2, -0.15) is 0 Å². The minimum atomic E-state index is 0.421. The van der Waals surface area contributed by atoms with Gasteiger partial charge >= 0.3 is 0 Å². The normalized spacial score (nSPS) is 17.9. The molecule has 0 bridgehead atoms.